The number of hydrogen-bond acceptors (Lipinski definition) is 4. The molecule has 7 heteroatoms. The first-order chi connectivity index (χ1) is 9.63. The van der Waals surface area contributed by atoms with Gasteiger partial charge in [-0.1, -0.05) is 0 Å². The number of hydrogen-bond donors (Lipinski definition) is 1. The minimum absolute atomic E-state index is 0.278. The number of aryl methyl sites for hydroxylation is 3. The number of nitrogens with two attached hydrogens (primary N) is 1. The molecule has 2 aromatic rings. The van der Waals surface area contributed by atoms with Crippen LogP contribution in [0.4, 0.5) is 0 Å². The molecule has 0 aliphatic rings. The monoisotopic (exact) mass is 277 g/mol. The third-order valence-electron chi connectivity index (χ3n) is 3.26. The van der Waals surface area contributed by atoms with Crippen LogP contribution < -0.4 is 17.0 Å². The Morgan fingerprint density at radius 3 is 2.70 bits per heavy atom. The lowest BCUT2D eigenvalue weighted by atomic mass is 10.3. The van der Waals surface area contributed by atoms with E-state index in [9.17, 15) is 9.59 Å². The zero-order chi connectivity index (χ0) is 14.5. The molecule has 0 atom stereocenters. The average molecular weight is 277 g/mol. The molecule has 0 bridgehead atoms. The second-order valence-electron chi connectivity index (χ2n) is 4.62. The summed E-state index contributed by atoms with van der Waals surface area (Å²) >= 11 is 0. The minimum atomic E-state index is -0.284. The Kier molecular flexibility index (Phi) is 4.52. The van der Waals surface area contributed by atoms with Crippen molar-refractivity contribution in [2.24, 2.45) is 12.8 Å². The first kappa shape index (κ1) is 14.3. The van der Waals surface area contributed by atoms with E-state index in [4.69, 9.17) is 5.73 Å². The highest BCUT2D eigenvalue weighted by Crippen LogP contribution is 1.98. The van der Waals surface area contributed by atoms with Crippen LogP contribution in [0.5, 0.6) is 0 Å². The maximum absolute atomic E-state index is 12.2. The lowest BCUT2D eigenvalue weighted by Crippen LogP contribution is -2.39. The summed E-state index contributed by atoms with van der Waals surface area (Å²) in [4.78, 5) is 23.9. The van der Waals surface area contributed by atoms with Gasteiger partial charge in [-0.15, -0.1) is 0 Å². The lowest BCUT2D eigenvalue weighted by Gasteiger charge is -2.09. The molecular formula is C13H19N5O2. The fourth-order valence-electron chi connectivity index (χ4n) is 2.06. The first-order valence-electron chi connectivity index (χ1n) is 6.60. The predicted molar refractivity (Wildman–Crippen MR) is 75.5 cm³/mol. The fourth-order valence-corrected chi connectivity index (χ4v) is 2.06. The van der Waals surface area contributed by atoms with E-state index in [0.29, 0.717) is 32.5 Å². The molecule has 0 radical (unpaired) electrons. The van der Waals surface area contributed by atoms with Gasteiger partial charge in [-0.2, -0.15) is 5.10 Å². The average Bonchev–Trinajstić information content (AvgIpc) is 2.83. The van der Waals surface area contributed by atoms with Crippen molar-refractivity contribution in [2.45, 2.75) is 25.9 Å². The van der Waals surface area contributed by atoms with Crippen LogP contribution in [0, 0.1) is 0 Å². The zero-order valence-corrected chi connectivity index (χ0v) is 11.5. The van der Waals surface area contributed by atoms with Gasteiger partial charge in [0.1, 0.15) is 0 Å². The van der Waals surface area contributed by atoms with Crippen molar-refractivity contribution in [3.63, 3.8) is 0 Å². The molecule has 0 fully saturated rings. The van der Waals surface area contributed by atoms with E-state index < -0.39 is 0 Å². The van der Waals surface area contributed by atoms with Gasteiger partial charge in [0.05, 0.1) is 0 Å². The van der Waals surface area contributed by atoms with Crippen LogP contribution in [-0.2, 0) is 26.6 Å². The molecule has 7 nitrogen and oxygen atoms in total. The summed E-state index contributed by atoms with van der Waals surface area (Å²) in [5.41, 5.74) is 5.90. The molecule has 2 heterocycles. The smallest absolute Gasteiger partial charge is 0.330 e. The van der Waals surface area contributed by atoms with Gasteiger partial charge in [0, 0.05) is 50.7 Å². The molecule has 2 aromatic heterocycles. The maximum Gasteiger partial charge on any atom is 0.330 e. The zero-order valence-electron chi connectivity index (χ0n) is 11.5. The van der Waals surface area contributed by atoms with Crippen molar-refractivity contribution in [3.8, 4) is 0 Å². The van der Waals surface area contributed by atoms with Gasteiger partial charge in [-0.25, -0.2) is 4.79 Å². The normalized spacial score (nSPS) is 10.9. The van der Waals surface area contributed by atoms with Crippen LogP contribution in [0.25, 0.3) is 0 Å². The molecule has 0 aliphatic carbocycles. The Bertz CT molecular complexity index is 683. The molecule has 0 aromatic carbocycles. The maximum atomic E-state index is 12.2. The molecular weight excluding hydrogens is 258 g/mol. The highest BCUT2D eigenvalue weighted by Gasteiger charge is 2.06. The third kappa shape index (κ3) is 3.05. The van der Waals surface area contributed by atoms with Crippen LogP contribution in [-0.4, -0.2) is 25.5 Å². The number of aromatic nitrogens is 4. The summed E-state index contributed by atoms with van der Waals surface area (Å²) in [6.45, 7) is 1.33. The standard InChI is InChI=1S/C13H19N5O2/c1-16-11(3-7-15-16)4-9-17-10-5-12(19)18(13(17)20)8-2-6-14/h3,5,7,10H,2,4,6,8-9,14H2,1H3. The Morgan fingerprint density at radius 1 is 1.25 bits per heavy atom. The van der Waals surface area contributed by atoms with E-state index in [1.807, 2.05) is 13.1 Å². The van der Waals surface area contributed by atoms with Crippen LogP contribution >= 0.6 is 0 Å². The Labute approximate surface area is 116 Å². The van der Waals surface area contributed by atoms with E-state index in [1.165, 1.54) is 10.6 Å². The second-order valence-corrected chi connectivity index (χ2v) is 4.62. The van der Waals surface area contributed by atoms with Crippen molar-refractivity contribution >= 4 is 0 Å². The van der Waals surface area contributed by atoms with Gasteiger partial charge in [0.2, 0.25) is 0 Å². The number of nitrogens with zero attached hydrogens (tertiary/aromatic N) is 4. The second kappa shape index (κ2) is 6.33. The van der Waals surface area contributed by atoms with Crippen molar-refractivity contribution in [1.29, 1.82) is 0 Å². The third-order valence-corrected chi connectivity index (χ3v) is 3.26. The predicted octanol–water partition coefficient (Wildman–Crippen LogP) is -0.665. The molecule has 2 N–H and O–H groups in total. The van der Waals surface area contributed by atoms with E-state index in [1.54, 1.807) is 21.6 Å². The molecule has 0 spiro atoms. The van der Waals surface area contributed by atoms with Gasteiger partial charge in [-0.05, 0) is 19.0 Å². The first-order valence-corrected chi connectivity index (χ1v) is 6.60. The van der Waals surface area contributed by atoms with Crippen LogP contribution in [0.2, 0.25) is 0 Å². The SMILES string of the molecule is Cn1nccc1CCn1ccc(=O)n(CCCN)c1=O. The van der Waals surface area contributed by atoms with Gasteiger partial charge >= 0.3 is 5.69 Å². The van der Waals surface area contributed by atoms with Crippen molar-refractivity contribution < 1.29 is 0 Å². The highest BCUT2D eigenvalue weighted by atomic mass is 16.2. The van der Waals surface area contributed by atoms with E-state index in [-0.39, 0.29) is 11.2 Å². The van der Waals surface area contributed by atoms with E-state index in [0.717, 1.165) is 5.69 Å². The molecule has 0 saturated carbocycles. The molecule has 0 amide bonds. The molecule has 0 saturated heterocycles. The van der Waals surface area contributed by atoms with Gasteiger partial charge in [0.25, 0.3) is 5.56 Å². The Balaban J connectivity index is 2.18. The van der Waals surface area contributed by atoms with Crippen LogP contribution in [0.3, 0.4) is 0 Å². The van der Waals surface area contributed by atoms with Crippen molar-refractivity contribution in [3.05, 3.63) is 51.1 Å². The molecule has 2 rings (SSSR count). The largest absolute Gasteiger partial charge is 0.330 e. The number of rotatable bonds is 6. The molecule has 0 unspecified atom stereocenters. The van der Waals surface area contributed by atoms with Gasteiger partial charge in [0.15, 0.2) is 0 Å². The molecule has 0 aliphatic heterocycles. The van der Waals surface area contributed by atoms with Crippen LogP contribution in [0.15, 0.2) is 34.1 Å². The molecule has 20 heavy (non-hydrogen) atoms. The van der Waals surface area contributed by atoms with Crippen LogP contribution in [0.1, 0.15) is 12.1 Å². The lowest BCUT2D eigenvalue weighted by molar-refractivity contribution is 0.530. The molecule has 108 valence electrons. The van der Waals surface area contributed by atoms with Crippen molar-refractivity contribution in [1.82, 2.24) is 18.9 Å². The van der Waals surface area contributed by atoms with Gasteiger partial charge in [-0.3, -0.25) is 14.0 Å². The quantitative estimate of drug-likeness (QED) is 0.759. The minimum Gasteiger partial charge on any atom is -0.330 e. The Morgan fingerprint density at radius 2 is 2.05 bits per heavy atom. The van der Waals surface area contributed by atoms with Gasteiger partial charge < -0.3 is 10.3 Å². The highest BCUT2D eigenvalue weighted by molar-refractivity contribution is 5.00. The summed E-state index contributed by atoms with van der Waals surface area (Å²) < 4.78 is 4.55. The Hall–Kier alpha value is -2.15. The topological polar surface area (TPSA) is 87.8 Å². The summed E-state index contributed by atoms with van der Waals surface area (Å²) in [6.07, 6.45) is 4.56. The van der Waals surface area contributed by atoms with Crippen molar-refractivity contribution in [2.75, 3.05) is 6.54 Å². The summed E-state index contributed by atoms with van der Waals surface area (Å²) in [7, 11) is 1.86. The summed E-state index contributed by atoms with van der Waals surface area (Å²) in [5, 5.41) is 4.08. The summed E-state index contributed by atoms with van der Waals surface area (Å²) in [5.74, 6) is 0. The summed E-state index contributed by atoms with van der Waals surface area (Å²) in [6, 6.07) is 3.33. The van der Waals surface area contributed by atoms with E-state index in [2.05, 4.69) is 5.10 Å². The van der Waals surface area contributed by atoms with E-state index >= 15 is 0 Å². The fraction of sp³-hybridized carbons (Fsp3) is 0.462.